The first-order valence-electron chi connectivity index (χ1n) is 6.63. The number of halogens is 2. The van der Waals surface area contributed by atoms with E-state index in [0.29, 0.717) is 16.1 Å². The van der Waals surface area contributed by atoms with Gasteiger partial charge in [-0.1, -0.05) is 29.3 Å². The number of hydrogen-bond donors (Lipinski definition) is 1. The summed E-state index contributed by atoms with van der Waals surface area (Å²) in [6.07, 6.45) is 4.92. The topological polar surface area (TPSA) is 29.3 Å². The molecule has 3 rings (SSSR count). The minimum absolute atomic E-state index is 0.205. The third-order valence-corrected chi connectivity index (χ3v) is 4.76. The van der Waals surface area contributed by atoms with E-state index >= 15 is 0 Å². The van der Waals surface area contributed by atoms with Gasteiger partial charge >= 0.3 is 0 Å². The molecule has 1 aromatic carbocycles. The molecule has 1 saturated heterocycles. The highest BCUT2D eigenvalue weighted by atomic mass is 35.5. The predicted octanol–water partition coefficient (Wildman–Crippen LogP) is 3.62. The van der Waals surface area contributed by atoms with Crippen LogP contribution < -0.4 is 5.73 Å². The minimum atomic E-state index is 0.205. The van der Waals surface area contributed by atoms with Crippen LogP contribution in [0.1, 0.15) is 37.3 Å². The van der Waals surface area contributed by atoms with Crippen molar-refractivity contribution in [1.29, 1.82) is 0 Å². The summed E-state index contributed by atoms with van der Waals surface area (Å²) in [5.74, 6) is 0. The fraction of sp³-hybridized carbons (Fsp3) is 0.571. The summed E-state index contributed by atoms with van der Waals surface area (Å²) in [6, 6.07) is 7.17. The second-order valence-electron chi connectivity index (χ2n) is 5.39. The molecule has 0 bridgehead atoms. The van der Waals surface area contributed by atoms with Crippen LogP contribution in [0.15, 0.2) is 18.2 Å². The molecule has 2 fully saturated rings. The normalized spacial score (nSPS) is 29.5. The van der Waals surface area contributed by atoms with Gasteiger partial charge in [0.25, 0.3) is 0 Å². The predicted molar refractivity (Wildman–Crippen MR) is 76.1 cm³/mol. The highest BCUT2D eigenvalue weighted by Gasteiger charge is 2.39. The minimum Gasteiger partial charge on any atom is -0.326 e. The van der Waals surface area contributed by atoms with Crippen LogP contribution in [-0.2, 0) is 0 Å². The van der Waals surface area contributed by atoms with Gasteiger partial charge in [-0.2, -0.15) is 0 Å². The van der Waals surface area contributed by atoms with Crippen molar-refractivity contribution in [3.63, 3.8) is 0 Å². The molecule has 1 heterocycles. The van der Waals surface area contributed by atoms with Crippen molar-refractivity contribution >= 4 is 23.2 Å². The van der Waals surface area contributed by atoms with Crippen molar-refractivity contribution in [2.45, 2.75) is 43.8 Å². The first-order chi connectivity index (χ1) is 8.66. The lowest BCUT2D eigenvalue weighted by molar-refractivity contribution is 0.120. The molecule has 2 unspecified atom stereocenters. The molecule has 1 aliphatic heterocycles. The van der Waals surface area contributed by atoms with E-state index in [2.05, 4.69) is 11.0 Å². The van der Waals surface area contributed by atoms with Crippen LogP contribution in [0.2, 0.25) is 10.0 Å². The van der Waals surface area contributed by atoms with Gasteiger partial charge in [-0.3, -0.25) is 4.90 Å². The molecule has 2 nitrogen and oxygen atoms in total. The third-order valence-electron chi connectivity index (χ3n) is 4.02. The Bertz CT molecular complexity index is 445. The summed E-state index contributed by atoms with van der Waals surface area (Å²) in [5, 5.41) is 1.24. The largest absolute Gasteiger partial charge is 0.326 e. The lowest BCUT2D eigenvalue weighted by Gasteiger charge is -2.40. The Morgan fingerprint density at radius 2 is 1.89 bits per heavy atom. The zero-order valence-corrected chi connectivity index (χ0v) is 11.8. The average Bonchev–Trinajstić information content (AvgIpc) is 3.17. The molecule has 2 atom stereocenters. The zero-order valence-electron chi connectivity index (χ0n) is 10.3. The summed E-state index contributed by atoms with van der Waals surface area (Å²) in [6.45, 7) is 1.16. The Balaban J connectivity index is 1.92. The second kappa shape index (κ2) is 5.01. The molecule has 1 saturated carbocycles. The van der Waals surface area contributed by atoms with Gasteiger partial charge in [0.2, 0.25) is 0 Å². The molecule has 0 amide bonds. The van der Waals surface area contributed by atoms with Crippen LogP contribution in [0.5, 0.6) is 0 Å². The van der Waals surface area contributed by atoms with Crippen molar-refractivity contribution in [2.24, 2.45) is 5.73 Å². The van der Waals surface area contributed by atoms with Crippen molar-refractivity contribution in [3.8, 4) is 0 Å². The molecule has 4 heteroatoms. The number of piperidine rings is 1. The van der Waals surface area contributed by atoms with Crippen LogP contribution >= 0.6 is 23.2 Å². The summed E-state index contributed by atoms with van der Waals surface area (Å²) in [5.41, 5.74) is 7.55. The van der Waals surface area contributed by atoms with Crippen molar-refractivity contribution in [3.05, 3.63) is 33.8 Å². The van der Waals surface area contributed by atoms with Crippen LogP contribution in [0, 0.1) is 0 Å². The molecule has 0 aromatic heterocycles. The van der Waals surface area contributed by atoms with Gasteiger partial charge in [-0.05, 0) is 49.9 Å². The molecule has 98 valence electrons. The number of rotatable bonds is 2. The quantitative estimate of drug-likeness (QED) is 0.899. The fourth-order valence-electron chi connectivity index (χ4n) is 3.00. The van der Waals surface area contributed by atoms with Gasteiger partial charge in [0.1, 0.15) is 0 Å². The summed E-state index contributed by atoms with van der Waals surface area (Å²) >= 11 is 12.1. The summed E-state index contributed by atoms with van der Waals surface area (Å²) in [4.78, 5) is 2.56. The lowest BCUT2D eigenvalue weighted by atomic mass is 9.91. The number of nitrogens with zero attached hydrogens (tertiary/aromatic N) is 1. The Morgan fingerprint density at radius 1 is 1.11 bits per heavy atom. The van der Waals surface area contributed by atoms with Crippen LogP contribution in [0.4, 0.5) is 0 Å². The van der Waals surface area contributed by atoms with E-state index in [0.717, 1.165) is 19.0 Å². The van der Waals surface area contributed by atoms with Crippen molar-refractivity contribution in [1.82, 2.24) is 4.90 Å². The molecule has 0 spiro atoms. The maximum Gasteiger partial charge on any atom is 0.0595 e. The van der Waals surface area contributed by atoms with E-state index in [4.69, 9.17) is 28.9 Å². The molecular weight excluding hydrogens is 267 g/mol. The zero-order chi connectivity index (χ0) is 12.7. The molecule has 2 N–H and O–H groups in total. The van der Waals surface area contributed by atoms with Gasteiger partial charge in [-0.15, -0.1) is 0 Å². The number of nitrogens with two attached hydrogens (primary N) is 1. The highest BCUT2D eigenvalue weighted by molar-refractivity contribution is 6.42. The fourth-order valence-corrected chi connectivity index (χ4v) is 3.31. The van der Waals surface area contributed by atoms with Crippen LogP contribution in [0.25, 0.3) is 0 Å². The van der Waals surface area contributed by atoms with Gasteiger partial charge in [-0.25, -0.2) is 0 Å². The number of benzene rings is 1. The molecule has 0 radical (unpaired) electrons. The SMILES string of the molecule is NC1CCCN(C2CC2)C1c1ccc(Cl)c(Cl)c1. The van der Waals surface area contributed by atoms with Gasteiger partial charge in [0.15, 0.2) is 0 Å². The van der Waals surface area contributed by atoms with E-state index in [-0.39, 0.29) is 6.04 Å². The third kappa shape index (κ3) is 2.39. The van der Waals surface area contributed by atoms with Crippen molar-refractivity contribution in [2.75, 3.05) is 6.54 Å². The maximum atomic E-state index is 6.34. The second-order valence-corrected chi connectivity index (χ2v) is 6.21. The Kier molecular flexibility index (Phi) is 3.55. The van der Waals surface area contributed by atoms with E-state index < -0.39 is 0 Å². The van der Waals surface area contributed by atoms with Gasteiger partial charge < -0.3 is 5.73 Å². The average molecular weight is 285 g/mol. The van der Waals surface area contributed by atoms with E-state index in [1.165, 1.54) is 24.8 Å². The standard InChI is InChI=1S/C14H18Cl2N2/c15-11-6-3-9(8-12(11)16)14-13(17)2-1-7-18(14)10-4-5-10/h3,6,8,10,13-14H,1-2,4-5,7,17H2. The summed E-state index contributed by atoms with van der Waals surface area (Å²) in [7, 11) is 0. The Morgan fingerprint density at radius 3 is 2.56 bits per heavy atom. The van der Waals surface area contributed by atoms with E-state index in [1.54, 1.807) is 0 Å². The lowest BCUT2D eigenvalue weighted by Crippen LogP contribution is -2.46. The van der Waals surface area contributed by atoms with Gasteiger partial charge in [0, 0.05) is 12.1 Å². The smallest absolute Gasteiger partial charge is 0.0595 e. The van der Waals surface area contributed by atoms with Crippen molar-refractivity contribution < 1.29 is 0 Å². The Hall–Kier alpha value is -0.280. The van der Waals surface area contributed by atoms with Crippen LogP contribution in [0.3, 0.4) is 0 Å². The molecule has 2 aliphatic rings. The first-order valence-corrected chi connectivity index (χ1v) is 7.38. The number of hydrogen-bond acceptors (Lipinski definition) is 2. The van der Waals surface area contributed by atoms with Crippen LogP contribution in [-0.4, -0.2) is 23.5 Å². The molecule has 1 aliphatic carbocycles. The molecule has 1 aromatic rings. The van der Waals surface area contributed by atoms with Gasteiger partial charge in [0.05, 0.1) is 16.1 Å². The monoisotopic (exact) mass is 284 g/mol. The molecule has 18 heavy (non-hydrogen) atoms. The summed E-state index contributed by atoms with van der Waals surface area (Å²) < 4.78 is 0. The maximum absolute atomic E-state index is 6.34. The number of likely N-dealkylation sites (tertiary alicyclic amines) is 1. The molecular formula is C14H18Cl2N2. The Labute approximate surface area is 118 Å². The van der Waals surface area contributed by atoms with E-state index in [1.807, 2.05) is 12.1 Å². The van der Waals surface area contributed by atoms with E-state index in [9.17, 15) is 0 Å². The highest BCUT2D eigenvalue weighted by Crippen LogP contribution is 2.40. The first kappa shape index (κ1) is 12.7.